The number of halogens is 1. The highest BCUT2D eigenvalue weighted by molar-refractivity contribution is 7.98. The van der Waals surface area contributed by atoms with Crippen LogP contribution in [-0.2, 0) is 16.6 Å². The minimum absolute atomic E-state index is 0.0332. The van der Waals surface area contributed by atoms with Gasteiger partial charge in [-0.05, 0) is 54.6 Å². The SMILES string of the molecule is CSc1ccc(Cn2c(C)nc3ccc(C(=O)NS(=O)(=O)C=Cc4ccccc4)nc32)c(Cl)c1. The lowest BCUT2D eigenvalue weighted by molar-refractivity contribution is 0.0977. The molecule has 0 aliphatic carbocycles. The molecule has 4 rings (SSSR count). The Bertz CT molecular complexity index is 1500. The molecule has 34 heavy (non-hydrogen) atoms. The molecule has 1 amide bonds. The predicted octanol–water partition coefficient (Wildman–Crippen LogP) is 4.89. The fourth-order valence-electron chi connectivity index (χ4n) is 3.33. The topological polar surface area (TPSA) is 94.0 Å². The highest BCUT2D eigenvalue weighted by Gasteiger charge is 2.18. The van der Waals surface area contributed by atoms with Crippen LogP contribution in [0.4, 0.5) is 0 Å². The number of benzene rings is 2. The zero-order chi connectivity index (χ0) is 24.3. The summed E-state index contributed by atoms with van der Waals surface area (Å²) in [5.41, 5.74) is 2.61. The number of rotatable bonds is 7. The molecule has 0 radical (unpaired) electrons. The van der Waals surface area contributed by atoms with E-state index in [1.807, 2.05) is 46.7 Å². The fraction of sp³-hybridized carbons (Fsp3) is 0.125. The highest BCUT2D eigenvalue weighted by Crippen LogP contribution is 2.25. The number of carbonyl (C=O) groups excluding carboxylic acids is 1. The van der Waals surface area contributed by atoms with Crippen LogP contribution >= 0.6 is 23.4 Å². The first-order valence-corrected chi connectivity index (χ1v) is 13.4. The van der Waals surface area contributed by atoms with E-state index in [0.717, 1.165) is 15.9 Å². The van der Waals surface area contributed by atoms with E-state index in [4.69, 9.17) is 11.6 Å². The van der Waals surface area contributed by atoms with Gasteiger partial charge in [0, 0.05) is 9.92 Å². The van der Waals surface area contributed by atoms with Gasteiger partial charge in [0.25, 0.3) is 15.9 Å². The number of nitrogens with zero attached hydrogens (tertiary/aromatic N) is 3. The van der Waals surface area contributed by atoms with Crippen LogP contribution < -0.4 is 4.72 Å². The van der Waals surface area contributed by atoms with Gasteiger partial charge in [-0.2, -0.15) is 0 Å². The van der Waals surface area contributed by atoms with Crippen molar-refractivity contribution < 1.29 is 13.2 Å². The molecular weight excluding hydrogens is 492 g/mol. The molecule has 0 spiro atoms. The molecule has 1 N–H and O–H groups in total. The monoisotopic (exact) mass is 512 g/mol. The second-order valence-corrected chi connectivity index (χ2v) is 10.3. The lowest BCUT2D eigenvalue weighted by Crippen LogP contribution is -2.29. The molecule has 7 nitrogen and oxygen atoms in total. The molecule has 4 aromatic rings. The summed E-state index contributed by atoms with van der Waals surface area (Å²) < 4.78 is 28.6. The first-order chi connectivity index (χ1) is 16.3. The van der Waals surface area contributed by atoms with Gasteiger partial charge < -0.3 is 4.57 Å². The van der Waals surface area contributed by atoms with Crippen LogP contribution in [0, 0.1) is 6.92 Å². The number of thioether (sulfide) groups is 1. The smallest absolute Gasteiger partial charge is 0.283 e. The number of aromatic nitrogens is 3. The summed E-state index contributed by atoms with van der Waals surface area (Å²) in [5, 5.41) is 1.58. The highest BCUT2D eigenvalue weighted by atomic mass is 35.5. The van der Waals surface area contributed by atoms with Gasteiger partial charge in [-0.15, -0.1) is 11.8 Å². The van der Waals surface area contributed by atoms with Gasteiger partial charge >= 0.3 is 0 Å². The maximum absolute atomic E-state index is 12.7. The predicted molar refractivity (Wildman–Crippen MR) is 136 cm³/mol. The third-order valence-electron chi connectivity index (χ3n) is 5.08. The van der Waals surface area contributed by atoms with Crippen molar-refractivity contribution >= 4 is 56.5 Å². The van der Waals surface area contributed by atoms with Gasteiger partial charge in [0.1, 0.15) is 17.0 Å². The number of hydrogen-bond donors (Lipinski definition) is 1. The number of imidazole rings is 1. The van der Waals surface area contributed by atoms with Crippen LogP contribution in [-0.4, -0.2) is 35.1 Å². The second-order valence-electron chi connectivity index (χ2n) is 7.43. The van der Waals surface area contributed by atoms with Crippen molar-refractivity contribution in [2.45, 2.75) is 18.4 Å². The van der Waals surface area contributed by atoms with Crippen LogP contribution in [0.15, 0.2) is 71.0 Å². The fourth-order valence-corrected chi connectivity index (χ4v) is 4.84. The largest absolute Gasteiger partial charge is 0.308 e. The molecule has 0 bridgehead atoms. The van der Waals surface area contributed by atoms with Gasteiger partial charge in [0.2, 0.25) is 0 Å². The van der Waals surface area contributed by atoms with Gasteiger partial charge in [-0.1, -0.05) is 48.0 Å². The molecular formula is C24H21ClN4O3S2. The molecule has 0 atom stereocenters. The Balaban J connectivity index is 1.59. The zero-order valence-electron chi connectivity index (χ0n) is 18.4. The quantitative estimate of drug-likeness (QED) is 0.354. The Labute approximate surface area is 206 Å². The van der Waals surface area contributed by atoms with Crippen molar-refractivity contribution in [3.05, 3.63) is 93.7 Å². The van der Waals surface area contributed by atoms with E-state index >= 15 is 0 Å². The van der Waals surface area contributed by atoms with Crippen LogP contribution in [0.3, 0.4) is 0 Å². The van der Waals surface area contributed by atoms with Crippen molar-refractivity contribution in [2.24, 2.45) is 0 Å². The van der Waals surface area contributed by atoms with Crippen molar-refractivity contribution in [1.82, 2.24) is 19.3 Å². The molecule has 2 heterocycles. The summed E-state index contributed by atoms with van der Waals surface area (Å²) >= 11 is 8.05. The Hall–Kier alpha value is -3.14. The van der Waals surface area contributed by atoms with E-state index in [1.54, 1.807) is 42.1 Å². The molecule has 0 aliphatic rings. The van der Waals surface area contributed by atoms with E-state index in [2.05, 4.69) is 9.97 Å². The molecule has 0 unspecified atom stereocenters. The zero-order valence-corrected chi connectivity index (χ0v) is 20.8. The number of aryl methyl sites for hydroxylation is 1. The lowest BCUT2D eigenvalue weighted by atomic mass is 10.2. The molecule has 2 aromatic carbocycles. The van der Waals surface area contributed by atoms with E-state index < -0.39 is 15.9 Å². The van der Waals surface area contributed by atoms with E-state index in [9.17, 15) is 13.2 Å². The average Bonchev–Trinajstić information content (AvgIpc) is 3.13. The van der Waals surface area contributed by atoms with Gasteiger partial charge in [-0.25, -0.2) is 23.1 Å². The van der Waals surface area contributed by atoms with E-state index in [-0.39, 0.29) is 5.69 Å². The Morgan fingerprint density at radius 2 is 1.88 bits per heavy atom. The normalized spacial score (nSPS) is 11.9. The number of carbonyl (C=O) groups is 1. The van der Waals surface area contributed by atoms with Crippen LogP contribution in [0.1, 0.15) is 27.4 Å². The third kappa shape index (κ3) is 5.49. The number of hydrogen-bond acceptors (Lipinski definition) is 6. The Kier molecular flexibility index (Phi) is 7.06. The standard InChI is InChI=1S/C24H21ClN4O3S2/c1-16-26-21-10-11-22(24(30)28-34(31,32)13-12-17-6-4-3-5-7-17)27-23(21)29(16)15-18-8-9-19(33-2)14-20(18)25/h3-14H,15H2,1-2H3,(H,28,30). The van der Waals surface area contributed by atoms with Gasteiger partial charge in [-0.3, -0.25) is 4.79 Å². The minimum atomic E-state index is -4.01. The first-order valence-electron chi connectivity index (χ1n) is 10.2. The molecule has 0 saturated carbocycles. The maximum atomic E-state index is 12.7. The number of sulfonamides is 1. The minimum Gasteiger partial charge on any atom is -0.308 e. The Morgan fingerprint density at radius 1 is 1.12 bits per heavy atom. The number of nitrogens with one attached hydrogen (secondary N) is 1. The maximum Gasteiger partial charge on any atom is 0.283 e. The second kappa shape index (κ2) is 10.0. The van der Waals surface area contributed by atoms with E-state index in [1.165, 1.54) is 12.1 Å². The van der Waals surface area contributed by atoms with Crippen LogP contribution in [0.2, 0.25) is 5.02 Å². The third-order valence-corrected chi connectivity index (χ3v) is 7.12. The average molecular weight is 513 g/mol. The van der Waals surface area contributed by atoms with Crippen molar-refractivity contribution in [2.75, 3.05) is 6.26 Å². The number of pyridine rings is 1. The van der Waals surface area contributed by atoms with Crippen molar-refractivity contribution in [3.8, 4) is 0 Å². The van der Waals surface area contributed by atoms with E-state index in [0.29, 0.717) is 34.1 Å². The van der Waals surface area contributed by atoms with Crippen LogP contribution in [0.5, 0.6) is 0 Å². The number of amides is 1. The first kappa shape index (κ1) is 24.0. The number of fused-ring (bicyclic) bond motifs is 1. The van der Waals surface area contributed by atoms with Crippen molar-refractivity contribution in [1.29, 1.82) is 0 Å². The summed E-state index contributed by atoms with van der Waals surface area (Å²) in [7, 11) is -4.01. The van der Waals surface area contributed by atoms with Crippen LogP contribution in [0.25, 0.3) is 17.2 Å². The summed E-state index contributed by atoms with van der Waals surface area (Å²) in [6.45, 7) is 2.25. The molecule has 0 aliphatic heterocycles. The summed E-state index contributed by atoms with van der Waals surface area (Å²) in [6, 6.07) is 17.9. The summed E-state index contributed by atoms with van der Waals surface area (Å²) in [4.78, 5) is 22.6. The summed E-state index contributed by atoms with van der Waals surface area (Å²) in [6.07, 6.45) is 3.39. The van der Waals surface area contributed by atoms with Gasteiger partial charge in [0.15, 0.2) is 5.65 Å². The molecule has 10 heteroatoms. The van der Waals surface area contributed by atoms with Gasteiger partial charge in [0.05, 0.1) is 12.0 Å². The summed E-state index contributed by atoms with van der Waals surface area (Å²) in [5.74, 6) is -0.129. The Morgan fingerprint density at radius 3 is 2.59 bits per heavy atom. The molecule has 0 fully saturated rings. The molecule has 0 saturated heterocycles. The molecule has 174 valence electrons. The lowest BCUT2D eigenvalue weighted by Gasteiger charge is -2.10. The van der Waals surface area contributed by atoms with Crippen molar-refractivity contribution in [3.63, 3.8) is 0 Å². The molecule has 2 aromatic heterocycles.